The van der Waals surface area contributed by atoms with E-state index in [1.807, 2.05) is 6.92 Å². The van der Waals surface area contributed by atoms with Gasteiger partial charge in [0.25, 0.3) is 10.0 Å². The number of carbonyl (C=O) groups is 1. The van der Waals surface area contributed by atoms with Gasteiger partial charge >= 0.3 is 0 Å². The minimum Gasteiger partial charge on any atom is -0.301 e. The van der Waals surface area contributed by atoms with E-state index in [-0.39, 0.29) is 19.9 Å². The molecule has 22 heavy (non-hydrogen) atoms. The number of carbonyl (C=O) groups excluding carboxylic acids is 1. The third kappa shape index (κ3) is 3.11. The molecule has 2 aromatic rings. The number of benzene rings is 1. The molecule has 0 aliphatic heterocycles. The number of nitrogens with one attached hydrogen (secondary N) is 1. The molecule has 9 heteroatoms. The van der Waals surface area contributed by atoms with Gasteiger partial charge in [-0.2, -0.15) is 8.42 Å². The molecule has 0 aliphatic carbocycles. The summed E-state index contributed by atoms with van der Waals surface area (Å²) in [7, 11) is -3.90. The molecule has 1 aromatic carbocycles. The molecule has 0 bridgehead atoms. The lowest BCUT2D eigenvalue weighted by Crippen LogP contribution is -2.18. The van der Waals surface area contributed by atoms with Crippen LogP contribution in [-0.4, -0.2) is 23.5 Å². The lowest BCUT2D eigenvalue weighted by molar-refractivity contribution is -0.114. The van der Waals surface area contributed by atoms with Crippen LogP contribution >= 0.6 is 23.6 Å². The quantitative estimate of drug-likeness (QED) is 0.854. The van der Waals surface area contributed by atoms with Crippen LogP contribution in [0.15, 0.2) is 17.0 Å². The second-order valence-electron chi connectivity index (χ2n) is 4.93. The van der Waals surface area contributed by atoms with Crippen LogP contribution in [0.4, 0.5) is 5.13 Å². The summed E-state index contributed by atoms with van der Waals surface area (Å²) in [5, 5.41) is 6.51. The van der Waals surface area contributed by atoms with E-state index in [4.69, 9.17) is 12.2 Å². The van der Waals surface area contributed by atoms with Crippen molar-refractivity contribution in [3.63, 3.8) is 0 Å². The van der Waals surface area contributed by atoms with Crippen molar-refractivity contribution in [2.45, 2.75) is 32.6 Å². The Balaban J connectivity index is 2.64. The summed E-state index contributed by atoms with van der Waals surface area (Å²) >= 11 is 6.01. The van der Waals surface area contributed by atoms with E-state index in [0.717, 1.165) is 21.0 Å². The molecule has 118 valence electrons. The minimum absolute atomic E-state index is 0.0584. The molecule has 0 spiro atoms. The number of aryl methyl sites for hydroxylation is 3. The first-order valence-corrected chi connectivity index (χ1v) is 9.00. The summed E-state index contributed by atoms with van der Waals surface area (Å²) in [5.41, 5.74) is 2.25. The number of hydrogen-bond donors (Lipinski definition) is 1. The zero-order valence-corrected chi connectivity index (χ0v) is 14.9. The fourth-order valence-corrected chi connectivity index (χ4v) is 5.40. The molecule has 0 radical (unpaired) electrons. The van der Waals surface area contributed by atoms with Crippen LogP contribution in [0.1, 0.15) is 23.6 Å². The maximum atomic E-state index is 12.8. The molecule has 1 amide bonds. The molecule has 1 N–H and O–H groups in total. The molecule has 0 unspecified atom stereocenters. The molecular weight excluding hydrogens is 342 g/mol. The lowest BCUT2D eigenvalue weighted by Gasteiger charge is -2.11. The maximum Gasteiger partial charge on any atom is 0.285 e. The third-order valence-corrected chi connectivity index (χ3v) is 6.15. The second-order valence-corrected chi connectivity index (χ2v) is 8.26. The number of hydrogen-bond acceptors (Lipinski definition) is 6. The molecule has 0 saturated heterocycles. The number of nitrogens with zero attached hydrogens (tertiary/aromatic N) is 2. The molecular formula is C13H15N3O3S3. The van der Waals surface area contributed by atoms with E-state index >= 15 is 0 Å². The first kappa shape index (κ1) is 16.8. The van der Waals surface area contributed by atoms with Crippen LogP contribution in [0.25, 0.3) is 0 Å². The van der Waals surface area contributed by atoms with Gasteiger partial charge in [0.1, 0.15) is 0 Å². The Kier molecular flexibility index (Phi) is 4.50. The summed E-state index contributed by atoms with van der Waals surface area (Å²) in [6, 6.07) is 3.59. The van der Waals surface area contributed by atoms with Crippen molar-refractivity contribution in [2.75, 3.05) is 5.32 Å². The smallest absolute Gasteiger partial charge is 0.285 e. The minimum atomic E-state index is -3.90. The average Bonchev–Trinajstić information content (AvgIpc) is 2.67. The van der Waals surface area contributed by atoms with Crippen molar-refractivity contribution in [3.8, 4) is 0 Å². The highest BCUT2D eigenvalue weighted by Gasteiger charge is 2.25. The Bertz CT molecular complexity index is 887. The highest BCUT2D eigenvalue weighted by molar-refractivity contribution is 7.90. The SMILES string of the molecule is CC(=O)Nc1nn(S(=O)(=O)c2c(C)cc(C)cc2C)c(=S)s1. The van der Waals surface area contributed by atoms with Crippen LogP contribution in [0.3, 0.4) is 0 Å². The largest absolute Gasteiger partial charge is 0.301 e. The molecule has 1 aromatic heterocycles. The van der Waals surface area contributed by atoms with Gasteiger partial charge in [0, 0.05) is 6.92 Å². The normalized spacial score (nSPS) is 11.5. The molecule has 0 fully saturated rings. The molecule has 0 atom stereocenters. The summed E-state index contributed by atoms with van der Waals surface area (Å²) < 4.78 is 26.5. The Labute approximate surface area is 137 Å². The topological polar surface area (TPSA) is 81.1 Å². The van der Waals surface area contributed by atoms with Crippen molar-refractivity contribution in [2.24, 2.45) is 0 Å². The van der Waals surface area contributed by atoms with E-state index in [0.29, 0.717) is 11.1 Å². The summed E-state index contributed by atoms with van der Waals surface area (Å²) in [4.78, 5) is 11.3. The molecule has 1 heterocycles. The summed E-state index contributed by atoms with van der Waals surface area (Å²) in [6.07, 6.45) is 0. The van der Waals surface area contributed by atoms with Gasteiger partial charge in [-0.25, -0.2) is 0 Å². The van der Waals surface area contributed by atoms with Crippen LogP contribution in [0.2, 0.25) is 0 Å². The Morgan fingerprint density at radius 1 is 1.27 bits per heavy atom. The third-order valence-electron chi connectivity index (χ3n) is 2.90. The van der Waals surface area contributed by atoms with E-state index in [1.165, 1.54) is 6.92 Å². The highest BCUT2D eigenvalue weighted by Crippen LogP contribution is 2.26. The molecule has 0 saturated carbocycles. The van der Waals surface area contributed by atoms with Crippen LogP contribution in [0.5, 0.6) is 0 Å². The zero-order chi connectivity index (χ0) is 16.7. The predicted octanol–water partition coefficient (Wildman–Crippen LogP) is 2.79. The van der Waals surface area contributed by atoms with E-state index < -0.39 is 10.0 Å². The number of amides is 1. The van der Waals surface area contributed by atoms with E-state index in [2.05, 4.69) is 10.4 Å². The van der Waals surface area contributed by atoms with Crippen molar-refractivity contribution >= 4 is 44.6 Å². The van der Waals surface area contributed by atoms with Gasteiger partial charge in [-0.3, -0.25) is 4.79 Å². The first-order valence-electron chi connectivity index (χ1n) is 6.34. The average molecular weight is 357 g/mol. The number of anilines is 1. The Morgan fingerprint density at radius 3 is 2.32 bits per heavy atom. The van der Waals surface area contributed by atoms with Crippen LogP contribution in [-0.2, 0) is 14.8 Å². The van der Waals surface area contributed by atoms with Crippen molar-refractivity contribution < 1.29 is 13.2 Å². The van der Waals surface area contributed by atoms with Gasteiger partial charge in [0.15, 0.2) is 3.95 Å². The fraction of sp³-hybridized carbons (Fsp3) is 0.308. The van der Waals surface area contributed by atoms with Crippen LogP contribution in [0, 0.1) is 24.7 Å². The van der Waals surface area contributed by atoms with Gasteiger partial charge < -0.3 is 5.32 Å². The van der Waals surface area contributed by atoms with Crippen molar-refractivity contribution in [1.82, 2.24) is 9.19 Å². The van der Waals surface area contributed by atoms with E-state index in [9.17, 15) is 13.2 Å². The predicted molar refractivity (Wildman–Crippen MR) is 88.5 cm³/mol. The summed E-state index contributed by atoms with van der Waals surface area (Å²) in [6.45, 7) is 6.69. The van der Waals surface area contributed by atoms with Crippen LogP contribution < -0.4 is 5.32 Å². The monoisotopic (exact) mass is 357 g/mol. The molecule has 0 aliphatic rings. The van der Waals surface area contributed by atoms with Crippen molar-refractivity contribution in [1.29, 1.82) is 0 Å². The Morgan fingerprint density at radius 2 is 1.82 bits per heavy atom. The Hall–Kier alpha value is -1.58. The number of rotatable bonds is 3. The van der Waals surface area contributed by atoms with Gasteiger partial charge in [0.05, 0.1) is 4.90 Å². The van der Waals surface area contributed by atoms with Gasteiger partial charge in [-0.15, -0.1) is 9.19 Å². The maximum absolute atomic E-state index is 12.8. The van der Waals surface area contributed by atoms with Gasteiger partial charge in [-0.05, 0) is 44.1 Å². The summed E-state index contributed by atoms with van der Waals surface area (Å²) in [5.74, 6) is -0.337. The molecule has 2 rings (SSSR count). The number of aromatic nitrogens is 2. The lowest BCUT2D eigenvalue weighted by atomic mass is 10.1. The first-order chi connectivity index (χ1) is 10.1. The zero-order valence-electron chi connectivity index (χ0n) is 12.5. The van der Waals surface area contributed by atoms with E-state index in [1.54, 1.807) is 26.0 Å². The second kappa shape index (κ2) is 5.90. The highest BCUT2D eigenvalue weighted by atomic mass is 32.2. The molecule has 6 nitrogen and oxygen atoms in total. The van der Waals surface area contributed by atoms with Gasteiger partial charge in [0.2, 0.25) is 11.0 Å². The van der Waals surface area contributed by atoms with Gasteiger partial charge in [-0.1, -0.05) is 29.0 Å². The van der Waals surface area contributed by atoms with Crippen molar-refractivity contribution in [3.05, 3.63) is 32.8 Å². The standard InChI is InChI=1S/C13H15N3O3S3/c1-7-5-8(2)11(9(3)6-7)22(18,19)16-13(20)21-12(15-16)14-10(4)17/h5-6H,1-4H3,(H,14,15,17). The fourth-order valence-electron chi connectivity index (χ4n) is 2.28.